The van der Waals surface area contributed by atoms with E-state index >= 15 is 0 Å². The molecule has 0 radical (unpaired) electrons. The Morgan fingerprint density at radius 3 is 2.50 bits per heavy atom. The summed E-state index contributed by atoms with van der Waals surface area (Å²) in [5, 5.41) is 6.19. The van der Waals surface area contributed by atoms with Crippen LogP contribution in [0, 0.1) is 5.82 Å². The molecule has 0 atom stereocenters. The molecule has 0 bridgehead atoms. The average Bonchev–Trinajstić information content (AvgIpc) is 3.01. The van der Waals surface area contributed by atoms with E-state index in [4.69, 9.17) is 10.2 Å². The lowest BCUT2D eigenvalue weighted by Gasteiger charge is -2.10. The molecule has 2 aromatic rings. The molecule has 130 valence electrons. The number of carbonyl (C=O) groups excluding carboxylic acids is 1. The molecule has 1 amide bonds. The minimum absolute atomic E-state index is 0. The van der Waals surface area contributed by atoms with Crippen LogP contribution in [0.25, 0.3) is 0 Å². The molecule has 24 heavy (non-hydrogen) atoms. The van der Waals surface area contributed by atoms with Gasteiger partial charge in [0, 0.05) is 6.54 Å². The van der Waals surface area contributed by atoms with Gasteiger partial charge in [-0.1, -0.05) is 12.1 Å². The summed E-state index contributed by atoms with van der Waals surface area (Å²) in [6.45, 7) is 3.43. The Kier molecular flexibility index (Phi) is 8.24. The normalized spacial score (nSPS) is 10.8. The van der Waals surface area contributed by atoms with Gasteiger partial charge in [-0.15, -0.1) is 24.0 Å². The Morgan fingerprint density at radius 2 is 1.92 bits per heavy atom. The van der Waals surface area contributed by atoms with Crippen LogP contribution in [0.5, 0.6) is 0 Å². The summed E-state index contributed by atoms with van der Waals surface area (Å²) in [6, 6.07) is 9.39. The van der Waals surface area contributed by atoms with E-state index in [0.717, 1.165) is 5.56 Å². The zero-order valence-electron chi connectivity index (χ0n) is 13.2. The fourth-order valence-electron chi connectivity index (χ4n) is 1.88. The first-order valence-corrected chi connectivity index (χ1v) is 7.23. The molecule has 0 saturated heterocycles. The first-order chi connectivity index (χ1) is 11.1. The number of nitrogens with two attached hydrogens (primary N) is 1. The van der Waals surface area contributed by atoms with Gasteiger partial charge in [0.2, 0.25) is 0 Å². The lowest BCUT2D eigenvalue weighted by atomic mass is 10.2. The second kappa shape index (κ2) is 9.91. The van der Waals surface area contributed by atoms with Crippen LogP contribution >= 0.6 is 24.0 Å². The maximum Gasteiger partial charge on any atom is 0.284 e. The maximum atomic E-state index is 12.9. The van der Waals surface area contributed by atoms with Crippen LogP contribution in [-0.4, -0.2) is 18.4 Å². The molecule has 0 aliphatic carbocycles. The molecule has 0 fully saturated rings. The molecule has 0 spiro atoms. The van der Waals surface area contributed by atoms with Crippen LogP contribution in [0.4, 0.5) is 4.39 Å². The van der Waals surface area contributed by atoms with E-state index in [9.17, 15) is 9.18 Å². The molecule has 4 N–H and O–H groups in total. The lowest BCUT2D eigenvalue weighted by Crippen LogP contribution is -2.36. The third-order valence-corrected chi connectivity index (χ3v) is 3.01. The van der Waals surface area contributed by atoms with Crippen molar-refractivity contribution in [1.29, 1.82) is 0 Å². The predicted molar refractivity (Wildman–Crippen MR) is 101 cm³/mol. The fraction of sp³-hybridized carbons (Fsp3) is 0.250. The predicted octanol–water partition coefficient (Wildman–Crippen LogP) is 2.39. The van der Waals surface area contributed by atoms with Gasteiger partial charge in [0.15, 0.2) is 11.7 Å². The van der Waals surface area contributed by atoms with E-state index in [1.807, 2.05) is 6.92 Å². The smallest absolute Gasteiger partial charge is 0.284 e. The summed E-state index contributed by atoms with van der Waals surface area (Å²) < 4.78 is 18.2. The van der Waals surface area contributed by atoms with Crippen LogP contribution in [0.3, 0.4) is 0 Å². The minimum atomic E-state index is -0.604. The largest absolute Gasteiger partial charge is 0.454 e. The van der Waals surface area contributed by atoms with Gasteiger partial charge in [0.05, 0.1) is 13.1 Å². The topological polar surface area (TPSA) is 92.6 Å². The quantitative estimate of drug-likeness (QED) is 0.361. The number of hydrogen-bond donors (Lipinski definition) is 3. The highest BCUT2D eigenvalue weighted by atomic mass is 127. The van der Waals surface area contributed by atoms with E-state index < -0.39 is 5.91 Å². The summed E-state index contributed by atoms with van der Waals surface area (Å²) in [7, 11) is 0. The molecule has 0 aliphatic rings. The van der Waals surface area contributed by atoms with Gasteiger partial charge in [-0.2, -0.15) is 0 Å². The first-order valence-electron chi connectivity index (χ1n) is 7.23. The zero-order chi connectivity index (χ0) is 16.7. The maximum absolute atomic E-state index is 12.9. The lowest BCUT2D eigenvalue weighted by molar-refractivity contribution is 0.0972. The summed E-state index contributed by atoms with van der Waals surface area (Å²) in [4.78, 5) is 15.4. The molecule has 1 aromatic carbocycles. The molecular weight excluding hydrogens is 426 g/mol. The first kappa shape index (κ1) is 19.9. The Balaban J connectivity index is 0.00000288. The van der Waals surface area contributed by atoms with Crippen molar-refractivity contribution in [3.05, 3.63) is 59.3 Å². The van der Waals surface area contributed by atoms with Crippen LogP contribution in [-0.2, 0) is 13.1 Å². The Bertz CT molecular complexity index is 686. The SMILES string of the molecule is CCNC(=NCc1ccc(F)cc1)NCc1ccc(C(N)=O)o1.I. The number of aliphatic imine (C=N–C) groups is 1. The summed E-state index contributed by atoms with van der Waals surface area (Å²) in [6.07, 6.45) is 0. The Labute approximate surface area is 156 Å². The van der Waals surface area contributed by atoms with Gasteiger partial charge >= 0.3 is 0 Å². The van der Waals surface area contributed by atoms with Crippen LogP contribution in [0.1, 0.15) is 28.8 Å². The van der Waals surface area contributed by atoms with Crippen molar-refractivity contribution in [3.8, 4) is 0 Å². The van der Waals surface area contributed by atoms with Gasteiger partial charge in [-0.25, -0.2) is 9.38 Å². The number of halogens is 2. The van der Waals surface area contributed by atoms with Crippen molar-refractivity contribution >= 4 is 35.8 Å². The van der Waals surface area contributed by atoms with E-state index in [2.05, 4.69) is 15.6 Å². The molecule has 1 heterocycles. The molecule has 0 unspecified atom stereocenters. The molecule has 6 nitrogen and oxygen atoms in total. The van der Waals surface area contributed by atoms with Gasteiger partial charge < -0.3 is 20.8 Å². The molecule has 2 rings (SSSR count). The number of nitrogens with one attached hydrogen (secondary N) is 2. The third kappa shape index (κ3) is 6.19. The highest BCUT2D eigenvalue weighted by molar-refractivity contribution is 14.0. The average molecular weight is 446 g/mol. The number of guanidine groups is 1. The molecule has 0 aliphatic heterocycles. The van der Waals surface area contributed by atoms with E-state index in [-0.39, 0.29) is 35.6 Å². The molecule has 1 aromatic heterocycles. The fourth-order valence-corrected chi connectivity index (χ4v) is 1.88. The van der Waals surface area contributed by atoms with Crippen molar-refractivity contribution in [3.63, 3.8) is 0 Å². The monoisotopic (exact) mass is 446 g/mol. The number of furan rings is 1. The minimum Gasteiger partial charge on any atom is -0.454 e. The van der Waals surface area contributed by atoms with Gasteiger partial charge in [-0.3, -0.25) is 4.79 Å². The highest BCUT2D eigenvalue weighted by Gasteiger charge is 2.07. The number of nitrogens with zero attached hydrogens (tertiary/aromatic N) is 1. The summed E-state index contributed by atoms with van der Waals surface area (Å²) in [5.74, 6) is 0.411. The van der Waals surface area contributed by atoms with Gasteiger partial charge in [0.1, 0.15) is 11.6 Å². The Morgan fingerprint density at radius 1 is 1.21 bits per heavy atom. The van der Waals surface area contributed by atoms with Crippen molar-refractivity contribution in [2.75, 3.05) is 6.54 Å². The molecule has 0 saturated carbocycles. The van der Waals surface area contributed by atoms with Crippen molar-refractivity contribution in [2.24, 2.45) is 10.7 Å². The van der Waals surface area contributed by atoms with Gasteiger partial charge in [0.25, 0.3) is 5.91 Å². The standard InChI is InChI=1S/C16H19FN4O2.HI/c1-2-19-16(20-9-11-3-5-12(17)6-4-11)21-10-13-7-8-14(23-13)15(18)22;/h3-8H,2,9-10H2,1H3,(H2,18,22)(H2,19,20,21);1H. The second-order valence-electron chi connectivity index (χ2n) is 4.81. The summed E-state index contributed by atoms with van der Waals surface area (Å²) in [5.41, 5.74) is 6.04. The summed E-state index contributed by atoms with van der Waals surface area (Å²) >= 11 is 0. The van der Waals surface area contributed by atoms with E-state index in [1.54, 1.807) is 18.2 Å². The van der Waals surface area contributed by atoms with Gasteiger partial charge in [-0.05, 0) is 36.8 Å². The van der Waals surface area contributed by atoms with Crippen LogP contribution < -0.4 is 16.4 Å². The van der Waals surface area contributed by atoms with Crippen LogP contribution in [0.2, 0.25) is 0 Å². The van der Waals surface area contributed by atoms with Crippen molar-refractivity contribution < 1.29 is 13.6 Å². The van der Waals surface area contributed by atoms with Crippen molar-refractivity contribution in [1.82, 2.24) is 10.6 Å². The number of benzene rings is 1. The number of amides is 1. The number of primary amides is 1. The van der Waals surface area contributed by atoms with E-state index in [0.29, 0.717) is 31.4 Å². The molecular formula is C16H20FIN4O2. The highest BCUT2D eigenvalue weighted by Crippen LogP contribution is 2.07. The number of hydrogen-bond acceptors (Lipinski definition) is 3. The number of carbonyl (C=O) groups is 1. The number of rotatable bonds is 6. The zero-order valence-corrected chi connectivity index (χ0v) is 15.5. The molecule has 8 heteroatoms. The Hall–Kier alpha value is -2.10. The van der Waals surface area contributed by atoms with Crippen LogP contribution in [0.15, 0.2) is 45.8 Å². The van der Waals surface area contributed by atoms with E-state index in [1.165, 1.54) is 18.2 Å². The van der Waals surface area contributed by atoms with Crippen molar-refractivity contribution in [2.45, 2.75) is 20.0 Å². The third-order valence-electron chi connectivity index (χ3n) is 3.01. The second-order valence-corrected chi connectivity index (χ2v) is 4.81.